The molecule has 11 rings (SSSR count). The molecule has 0 N–H and O–H groups in total. The summed E-state index contributed by atoms with van der Waals surface area (Å²) in [6.07, 6.45) is 0. The van der Waals surface area contributed by atoms with Crippen LogP contribution in [0.1, 0.15) is 0 Å². The zero-order valence-corrected chi connectivity index (χ0v) is 24.5. The van der Waals surface area contributed by atoms with Gasteiger partial charge in [-0.15, -0.1) is 0 Å². The number of nitrogens with zero attached hydrogens (tertiary/aromatic N) is 3. The van der Waals surface area contributed by atoms with Gasteiger partial charge >= 0.3 is 0 Å². The molecule has 7 aromatic carbocycles. The topological polar surface area (TPSA) is 24.0 Å². The molecular formula is C42H23N3O. The van der Waals surface area contributed by atoms with E-state index in [1.54, 1.807) is 0 Å². The molecule has 0 atom stereocenters. The van der Waals surface area contributed by atoms with E-state index in [0.29, 0.717) is 0 Å². The Hall–Kier alpha value is -6.44. The van der Waals surface area contributed by atoms with Crippen LogP contribution < -0.4 is 4.74 Å². The second-order valence-electron chi connectivity index (χ2n) is 12.0. The lowest BCUT2D eigenvalue weighted by Gasteiger charge is -2.21. The zero-order valence-electron chi connectivity index (χ0n) is 24.5. The van der Waals surface area contributed by atoms with Crippen LogP contribution in [0.15, 0.2) is 140 Å². The van der Waals surface area contributed by atoms with Crippen LogP contribution in [0.3, 0.4) is 0 Å². The van der Waals surface area contributed by atoms with Crippen molar-refractivity contribution in [3.8, 4) is 28.6 Å². The molecule has 0 aliphatic carbocycles. The molecule has 1 aliphatic heterocycles. The van der Waals surface area contributed by atoms with E-state index in [1.165, 1.54) is 37.8 Å². The zero-order chi connectivity index (χ0) is 29.9. The van der Waals surface area contributed by atoms with Crippen molar-refractivity contribution in [1.29, 1.82) is 0 Å². The first kappa shape index (κ1) is 23.9. The second kappa shape index (κ2) is 8.59. The Morgan fingerprint density at radius 3 is 1.74 bits per heavy atom. The lowest BCUT2D eigenvalue weighted by atomic mass is 10.0. The predicted molar refractivity (Wildman–Crippen MR) is 187 cm³/mol. The average Bonchev–Trinajstić information content (AvgIpc) is 3.75. The summed E-state index contributed by atoms with van der Waals surface area (Å²) < 4.78 is 13.7. The molecule has 0 amide bonds. The Morgan fingerprint density at radius 1 is 0.457 bits per heavy atom. The van der Waals surface area contributed by atoms with Crippen LogP contribution >= 0.6 is 0 Å². The molecule has 0 fully saturated rings. The first-order chi connectivity index (χ1) is 22.8. The first-order valence-corrected chi connectivity index (χ1v) is 15.5. The highest BCUT2D eigenvalue weighted by Crippen LogP contribution is 2.50. The number of aromatic nitrogens is 3. The van der Waals surface area contributed by atoms with E-state index < -0.39 is 0 Å². The highest BCUT2D eigenvalue weighted by Gasteiger charge is 2.28. The van der Waals surface area contributed by atoms with E-state index >= 15 is 0 Å². The monoisotopic (exact) mass is 585 g/mol. The second-order valence-corrected chi connectivity index (χ2v) is 12.0. The van der Waals surface area contributed by atoms with Gasteiger partial charge in [0.1, 0.15) is 0 Å². The van der Waals surface area contributed by atoms with Crippen molar-refractivity contribution in [3.05, 3.63) is 152 Å². The Balaban J connectivity index is 1.27. The number of hydrogen-bond acceptors (Lipinski definition) is 1. The van der Waals surface area contributed by atoms with E-state index in [9.17, 15) is 0 Å². The third kappa shape index (κ3) is 2.95. The minimum Gasteiger partial charge on any atom is -0.453 e. The minimum absolute atomic E-state index is 0.857. The fourth-order valence-corrected chi connectivity index (χ4v) is 7.86. The number of ether oxygens (including phenoxy) is 1. The van der Waals surface area contributed by atoms with Gasteiger partial charge in [0.15, 0.2) is 11.5 Å². The maximum Gasteiger partial charge on any atom is 0.154 e. The Morgan fingerprint density at radius 2 is 1.02 bits per heavy atom. The van der Waals surface area contributed by atoms with Crippen molar-refractivity contribution >= 4 is 65.4 Å². The molecular weight excluding hydrogens is 562 g/mol. The normalized spacial score (nSPS) is 12.3. The standard InChI is InChI=1S/C42H23N3O/c1-5-18-32-28(14-1)29-15-2-6-19-33(29)43(32)26-12-11-13-27(24-26)44-34-20-7-3-16-30(34)40-37(44)25-39-42-41(40)31-17-4-8-21-35(31)45(42)36-22-9-10-23-38(36)46-39/h1-10,13-25H. The summed E-state index contributed by atoms with van der Waals surface area (Å²) in [5, 5.41) is 7.30. The highest BCUT2D eigenvalue weighted by molar-refractivity contribution is 6.30. The van der Waals surface area contributed by atoms with Gasteiger partial charge in [0.25, 0.3) is 0 Å². The number of hydrogen-bond donors (Lipinski definition) is 0. The van der Waals surface area contributed by atoms with Crippen molar-refractivity contribution in [2.45, 2.75) is 0 Å². The van der Waals surface area contributed by atoms with Gasteiger partial charge in [-0.2, -0.15) is 0 Å². The largest absolute Gasteiger partial charge is 0.453 e. The number of fused-ring (bicyclic) bond motifs is 12. The van der Waals surface area contributed by atoms with Crippen molar-refractivity contribution in [2.75, 3.05) is 0 Å². The van der Waals surface area contributed by atoms with Gasteiger partial charge in [0.05, 0.1) is 50.2 Å². The summed E-state index contributed by atoms with van der Waals surface area (Å²) in [6.45, 7) is 0. The van der Waals surface area contributed by atoms with E-state index in [4.69, 9.17) is 4.74 Å². The summed E-state index contributed by atoms with van der Waals surface area (Å²) in [7, 11) is 0. The highest BCUT2D eigenvalue weighted by atomic mass is 16.5. The van der Waals surface area contributed by atoms with Crippen molar-refractivity contribution in [1.82, 2.24) is 13.7 Å². The molecule has 1 aliphatic rings. The Bertz CT molecular complexity index is 2850. The lowest BCUT2D eigenvalue weighted by Crippen LogP contribution is -2.04. The third-order valence-corrected chi connectivity index (χ3v) is 9.65. The van der Waals surface area contributed by atoms with Crippen molar-refractivity contribution in [2.24, 2.45) is 0 Å². The van der Waals surface area contributed by atoms with E-state index in [1.807, 2.05) is 12.1 Å². The minimum atomic E-state index is 0.857. The van der Waals surface area contributed by atoms with Gasteiger partial charge in [-0.25, -0.2) is 0 Å². The molecule has 4 heterocycles. The van der Waals surface area contributed by atoms with Gasteiger partial charge < -0.3 is 18.4 Å². The molecule has 0 bridgehead atoms. The average molecular weight is 586 g/mol. The van der Waals surface area contributed by atoms with Crippen molar-refractivity contribution in [3.63, 3.8) is 0 Å². The van der Waals surface area contributed by atoms with Gasteiger partial charge in [-0.3, -0.25) is 0 Å². The van der Waals surface area contributed by atoms with Gasteiger partial charge in [-0.05, 0) is 48.5 Å². The van der Waals surface area contributed by atoms with Crippen molar-refractivity contribution < 1.29 is 4.74 Å². The molecule has 0 saturated heterocycles. The Labute approximate surface area is 263 Å². The first-order valence-electron chi connectivity index (χ1n) is 15.5. The number of benzene rings is 6. The van der Waals surface area contributed by atoms with E-state index in [-0.39, 0.29) is 0 Å². The number of para-hydroxylation sites is 6. The molecule has 10 aromatic rings. The van der Waals surface area contributed by atoms with Gasteiger partial charge in [-0.1, -0.05) is 91.0 Å². The third-order valence-electron chi connectivity index (χ3n) is 9.65. The molecule has 46 heavy (non-hydrogen) atoms. The van der Waals surface area contributed by atoms with Crippen LogP contribution in [0.25, 0.3) is 82.5 Å². The summed E-state index contributed by atoms with van der Waals surface area (Å²) in [5.41, 5.74) is 9.85. The summed E-state index contributed by atoms with van der Waals surface area (Å²) in [5.74, 6) is 1.71. The summed E-state index contributed by atoms with van der Waals surface area (Å²) >= 11 is 0. The van der Waals surface area contributed by atoms with Crippen LogP contribution in [-0.4, -0.2) is 13.7 Å². The SMILES string of the molecule is c1cc(-n2c3ccccc3c3c4c5ccccc5n5c4c(cc32)Oc2ccccc2-5)cc(-n2c3ccccc3c3ccccc32)c#1. The summed E-state index contributed by atoms with van der Waals surface area (Å²) in [6, 6.07) is 56.2. The smallest absolute Gasteiger partial charge is 0.154 e. The van der Waals surface area contributed by atoms with E-state index in [2.05, 4.69) is 153 Å². The van der Waals surface area contributed by atoms with Gasteiger partial charge in [0, 0.05) is 44.5 Å². The molecule has 4 heteroatoms. The molecule has 212 valence electrons. The summed E-state index contributed by atoms with van der Waals surface area (Å²) in [4.78, 5) is 0. The molecule has 0 spiro atoms. The van der Waals surface area contributed by atoms with Crippen LogP contribution in [0.4, 0.5) is 0 Å². The molecule has 0 radical (unpaired) electrons. The van der Waals surface area contributed by atoms with Gasteiger partial charge in [0.2, 0.25) is 0 Å². The fourth-order valence-electron chi connectivity index (χ4n) is 7.86. The maximum absolute atomic E-state index is 6.70. The predicted octanol–water partition coefficient (Wildman–Crippen LogP) is 10.7. The quantitative estimate of drug-likeness (QED) is 0.198. The molecule has 0 unspecified atom stereocenters. The Kier molecular flexibility index (Phi) is 4.47. The van der Waals surface area contributed by atoms with Crippen LogP contribution in [-0.2, 0) is 0 Å². The fraction of sp³-hybridized carbons (Fsp3) is 0. The van der Waals surface area contributed by atoms with Crippen LogP contribution in [0, 0.1) is 12.1 Å². The van der Waals surface area contributed by atoms with Crippen LogP contribution in [0.2, 0.25) is 0 Å². The molecule has 3 aromatic heterocycles. The maximum atomic E-state index is 6.70. The lowest BCUT2D eigenvalue weighted by molar-refractivity contribution is 0.477. The number of rotatable bonds is 2. The van der Waals surface area contributed by atoms with E-state index in [0.717, 1.165) is 56.1 Å². The van der Waals surface area contributed by atoms with Crippen LogP contribution in [0.5, 0.6) is 11.5 Å². The molecule has 4 nitrogen and oxygen atoms in total. The molecule has 0 saturated carbocycles.